The summed E-state index contributed by atoms with van der Waals surface area (Å²) in [7, 11) is 0. The molecule has 1 N–H and O–H groups in total. The normalized spacial score (nSPS) is 25.7. The van der Waals surface area contributed by atoms with Crippen LogP contribution in [0.4, 0.5) is 5.69 Å². The number of fused-ring (bicyclic) bond motifs is 1. The lowest BCUT2D eigenvalue weighted by Gasteiger charge is -2.31. The van der Waals surface area contributed by atoms with E-state index in [9.17, 15) is 4.79 Å². The Morgan fingerprint density at radius 2 is 1.86 bits per heavy atom. The van der Waals surface area contributed by atoms with Crippen LogP contribution in [0.15, 0.2) is 18.2 Å². The van der Waals surface area contributed by atoms with Gasteiger partial charge < -0.3 is 10.2 Å². The Kier molecular flexibility index (Phi) is 6.72. The minimum absolute atomic E-state index is 0.262. The summed E-state index contributed by atoms with van der Waals surface area (Å²) in [6.45, 7) is 5.50. The van der Waals surface area contributed by atoms with Crippen LogP contribution in [-0.2, 0) is 17.6 Å². The van der Waals surface area contributed by atoms with Crippen LogP contribution in [0.2, 0.25) is 0 Å². The molecule has 1 aromatic rings. The molecule has 1 saturated heterocycles. The van der Waals surface area contributed by atoms with Gasteiger partial charge in [-0.25, -0.2) is 0 Å². The minimum Gasteiger partial charge on any atom is -0.317 e. The molecule has 0 bridgehead atoms. The molecular formula is C25H38N2O. The molecule has 1 saturated carbocycles. The third kappa shape index (κ3) is 4.62. The van der Waals surface area contributed by atoms with Crippen LogP contribution >= 0.6 is 0 Å². The van der Waals surface area contributed by atoms with Gasteiger partial charge in [-0.2, -0.15) is 0 Å². The first-order valence-corrected chi connectivity index (χ1v) is 11.9. The number of nitrogens with zero attached hydrogens (tertiary/aromatic N) is 1. The third-order valence-electron chi connectivity index (χ3n) is 7.45. The lowest BCUT2D eigenvalue weighted by Crippen LogP contribution is -2.36. The van der Waals surface area contributed by atoms with Crippen LogP contribution in [0.1, 0.15) is 75.8 Å². The van der Waals surface area contributed by atoms with Crippen molar-refractivity contribution in [1.82, 2.24) is 5.32 Å². The lowest BCUT2D eigenvalue weighted by atomic mass is 9.79. The molecule has 3 aliphatic rings. The summed E-state index contributed by atoms with van der Waals surface area (Å²) in [5, 5.41) is 3.46. The molecule has 1 amide bonds. The molecule has 3 nitrogen and oxygen atoms in total. The molecule has 0 unspecified atom stereocenters. The average Bonchev–Trinajstić information content (AvgIpc) is 3.16. The highest BCUT2D eigenvalue weighted by Crippen LogP contribution is 2.36. The Hall–Kier alpha value is -1.35. The molecule has 0 aromatic heterocycles. The Balaban J connectivity index is 1.34. The Morgan fingerprint density at radius 1 is 1.07 bits per heavy atom. The molecule has 154 valence electrons. The number of unbranched alkanes of at least 4 members (excludes halogenated alkanes) is 1. The van der Waals surface area contributed by atoms with Crippen LogP contribution < -0.4 is 10.2 Å². The fraction of sp³-hybridized carbons (Fsp3) is 0.720. The van der Waals surface area contributed by atoms with E-state index in [1.54, 1.807) is 0 Å². The largest absolute Gasteiger partial charge is 0.317 e. The number of rotatable bonds is 6. The van der Waals surface area contributed by atoms with Gasteiger partial charge >= 0.3 is 0 Å². The van der Waals surface area contributed by atoms with Crippen molar-refractivity contribution in [3.05, 3.63) is 29.3 Å². The molecule has 3 heteroatoms. The van der Waals surface area contributed by atoms with Crippen LogP contribution in [0, 0.1) is 17.8 Å². The maximum atomic E-state index is 13.2. The highest BCUT2D eigenvalue weighted by molar-refractivity contribution is 5.97. The van der Waals surface area contributed by atoms with Gasteiger partial charge in [-0.05, 0) is 93.5 Å². The van der Waals surface area contributed by atoms with Crippen molar-refractivity contribution in [1.29, 1.82) is 0 Å². The summed E-state index contributed by atoms with van der Waals surface area (Å²) < 4.78 is 0. The number of piperidine rings is 1. The van der Waals surface area contributed by atoms with Gasteiger partial charge in [0.1, 0.15) is 0 Å². The van der Waals surface area contributed by atoms with E-state index in [1.165, 1.54) is 81.3 Å². The summed E-state index contributed by atoms with van der Waals surface area (Å²) in [4.78, 5) is 15.3. The van der Waals surface area contributed by atoms with Crippen LogP contribution in [0.25, 0.3) is 0 Å². The van der Waals surface area contributed by atoms with Crippen LogP contribution in [-0.4, -0.2) is 25.5 Å². The van der Waals surface area contributed by atoms with Crippen LogP contribution in [0.5, 0.6) is 0 Å². The summed E-state index contributed by atoms with van der Waals surface area (Å²) >= 11 is 0. The Labute approximate surface area is 171 Å². The van der Waals surface area contributed by atoms with Crippen molar-refractivity contribution in [3.63, 3.8) is 0 Å². The zero-order chi connectivity index (χ0) is 19.3. The van der Waals surface area contributed by atoms with Gasteiger partial charge in [0, 0.05) is 18.2 Å². The molecule has 4 rings (SSSR count). The maximum absolute atomic E-state index is 13.2. The van der Waals surface area contributed by atoms with Crippen molar-refractivity contribution in [3.8, 4) is 0 Å². The van der Waals surface area contributed by atoms with Crippen molar-refractivity contribution in [2.45, 2.75) is 77.6 Å². The zero-order valence-electron chi connectivity index (χ0n) is 17.7. The zero-order valence-corrected chi connectivity index (χ0v) is 17.7. The number of carbonyl (C=O) groups is 1. The van der Waals surface area contributed by atoms with Gasteiger partial charge in [0.05, 0.1) is 0 Å². The standard InChI is InChI=1S/C25H38N2O/c1-2-3-4-19-5-8-22(9-6-19)25(28)27-16-13-23-18-21(7-10-24(23)27)17-20-11-14-26-15-12-20/h7,10,18-20,22,26H,2-6,8-9,11-17H2,1H3. The molecule has 1 aromatic carbocycles. The van der Waals surface area contributed by atoms with E-state index in [4.69, 9.17) is 0 Å². The first kappa shape index (κ1) is 19.9. The van der Waals surface area contributed by atoms with E-state index < -0.39 is 0 Å². The van der Waals surface area contributed by atoms with Gasteiger partial charge in [0.15, 0.2) is 0 Å². The van der Waals surface area contributed by atoms with E-state index >= 15 is 0 Å². The second-order valence-electron chi connectivity index (χ2n) is 9.46. The number of hydrogen-bond acceptors (Lipinski definition) is 2. The molecule has 0 radical (unpaired) electrons. The summed E-state index contributed by atoms with van der Waals surface area (Å²) in [5.41, 5.74) is 4.07. The molecule has 2 fully saturated rings. The molecule has 0 atom stereocenters. The van der Waals surface area contributed by atoms with E-state index in [0.717, 1.165) is 37.6 Å². The topological polar surface area (TPSA) is 32.3 Å². The van der Waals surface area contributed by atoms with E-state index in [2.05, 4.69) is 35.3 Å². The smallest absolute Gasteiger partial charge is 0.230 e. The second-order valence-corrected chi connectivity index (χ2v) is 9.46. The van der Waals surface area contributed by atoms with E-state index in [1.807, 2.05) is 0 Å². The van der Waals surface area contributed by atoms with Gasteiger partial charge in [0.2, 0.25) is 5.91 Å². The molecule has 0 spiro atoms. The van der Waals surface area contributed by atoms with Crippen LogP contribution in [0.3, 0.4) is 0 Å². The first-order valence-electron chi connectivity index (χ1n) is 11.9. The number of nitrogens with one attached hydrogen (secondary N) is 1. The van der Waals surface area contributed by atoms with Gasteiger partial charge in [-0.1, -0.05) is 38.3 Å². The van der Waals surface area contributed by atoms with Gasteiger partial charge in [-0.3, -0.25) is 4.79 Å². The summed E-state index contributed by atoms with van der Waals surface area (Å²) in [6.07, 6.45) is 13.6. The summed E-state index contributed by atoms with van der Waals surface area (Å²) in [6, 6.07) is 6.92. The number of benzene rings is 1. The number of anilines is 1. The van der Waals surface area contributed by atoms with Crippen molar-refractivity contribution >= 4 is 11.6 Å². The van der Waals surface area contributed by atoms with E-state index in [0.29, 0.717) is 5.91 Å². The third-order valence-corrected chi connectivity index (χ3v) is 7.45. The fourth-order valence-electron chi connectivity index (χ4n) is 5.64. The number of hydrogen-bond donors (Lipinski definition) is 1. The fourth-order valence-corrected chi connectivity index (χ4v) is 5.64. The molecule has 2 aliphatic heterocycles. The predicted molar refractivity (Wildman–Crippen MR) is 117 cm³/mol. The quantitative estimate of drug-likeness (QED) is 0.741. The maximum Gasteiger partial charge on any atom is 0.230 e. The lowest BCUT2D eigenvalue weighted by molar-refractivity contribution is -0.123. The average molecular weight is 383 g/mol. The highest BCUT2D eigenvalue weighted by atomic mass is 16.2. The predicted octanol–water partition coefficient (Wildman–Crippen LogP) is 5.11. The van der Waals surface area contributed by atoms with Crippen molar-refractivity contribution in [2.24, 2.45) is 17.8 Å². The van der Waals surface area contributed by atoms with Crippen molar-refractivity contribution in [2.75, 3.05) is 24.5 Å². The van der Waals surface area contributed by atoms with Gasteiger partial charge in [-0.15, -0.1) is 0 Å². The highest BCUT2D eigenvalue weighted by Gasteiger charge is 2.33. The Morgan fingerprint density at radius 3 is 2.61 bits per heavy atom. The monoisotopic (exact) mass is 382 g/mol. The minimum atomic E-state index is 0.262. The molecule has 28 heavy (non-hydrogen) atoms. The first-order chi connectivity index (χ1) is 13.7. The van der Waals surface area contributed by atoms with Crippen molar-refractivity contribution < 1.29 is 4.79 Å². The molecule has 2 heterocycles. The molecular weight excluding hydrogens is 344 g/mol. The number of carbonyl (C=O) groups excluding carboxylic acids is 1. The second kappa shape index (κ2) is 9.43. The molecule has 1 aliphatic carbocycles. The van der Waals surface area contributed by atoms with Gasteiger partial charge in [0.25, 0.3) is 0 Å². The van der Waals surface area contributed by atoms with E-state index in [-0.39, 0.29) is 5.92 Å². The Bertz CT molecular complexity index is 657. The summed E-state index contributed by atoms with van der Waals surface area (Å²) in [5.74, 6) is 2.35. The SMILES string of the molecule is CCCCC1CCC(C(=O)N2CCc3cc(CC4CCNCC4)ccc32)CC1. The number of amides is 1.